The molecule has 15 heavy (non-hydrogen) atoms. The molecule has 0 saturated carbocycles. The van der Waals surface area contributed by atoms with E-state index >= 15 is 0 Å². The van der Waals surface area contributed by atoms with Crippen LogP contribution in [0.3, 0.4) is 0 Å². The molecule has 2 rings (SSSR count). The number of carbonyl (C=O) groups is 1. The summed E-state index contributed by atoms with van der Waals surface area (Å²) in [7, 11) is 0. The van der Waals surface area contributed by atoms with Gasteiger partial charge in [0.15, 0.2) is 0 Å². The third-order valence-electron chi connectivity index (χ3n) is 3.27. The number of likely N-dealkylation sites (tertiary alicyclic amines) is 1. The molecule has 1 N–H and O–H groups in total. The van der Waals surface area contributed by atoms with Crippen molar-refractivity contribution in [2.45, 2.75) is 32.4 Å². The van der Waals surface area contributed by atoms with Gasteiger partial charge in [0.2, 0.25) is 0 Å². The van der Waals surface area contributed by atoms with Gasteiger partial charge in [-0.1, -0.05) is 6.92 Å². The van der Waals surface area contributed by atoms with Crippen molar-refractivity contribution >= 4 is 5.91 Å². The Morgan fingerprint density at radius 1 is 1.47 bits per heavy atom. The SMILES string of the molecule is CC1CC(C)N(C(=O)[C@@H]2CNCCO2)C1. The minimum absolute atomic E-state index is 0.166. The average molecular weight is 212 g/mol. The van der Waals surface area contributed by atoms with Crippen LogP contribution in [0.2, 0.25) is 0 Å². The second-order valence-corrected chi connectivity index (χ2v) is 4.74. The first-order valence-corrected chi connectivity index (χ1v) is 5.81. The first-order valence-electron chi connectivity index (χ1n) is 5.81. The summed E-state index contributed by atoms with van der Waals surface area (Å²) < 4.78 is 5.48. The van der Waals surface area contributed by atoms with E-state index in [4.69, 9.17) is 4.74 Å². The van der Waals surface area contributed by atoms with Crippen molar-refractivity contribution in [1.82, 2.24) is 10.2 Å². The summed E-state index contributed by atoms with van der Waals surface area (Å²) in [6.45, 7) is 7.38. The lowest BCUT2D eigenvalue weighted by Gasteiger charge is -2.29. The Kier molecular flexibility index (Phi) is 3.26. The van der Waals surface area contributed by atoms with Crippen molar-refractivity contribution in [3.8, 4) is 0 Å². The molecule has 2 aliphatic heterocycles. The van der Waals surface area contributed by atoms with Crippen molar-refractivity contribution in [1.29, 1.82) is 0 Å². The zero-order chi connectivity index (χ0) is 10.8. The highest BCUT2D eigenvalue weighted by Crippen LogP contribution is 2.23. The van der Waals surface area contributed by atoms with E-state index in [0.717, 1.165) is 19.5 Å². The molecule has 0 aromatic carbocycles. The Balaban J connectivity index is 1.94. The Morgan fingerprint density at radius 3 is 2.80 bits per heavy atom. The molecular weight excluding hydrogens is 192 g/mol. The molecule has 2 fully saturated rings. The molecule has 86 valence electrons. The van der Waals surface area contributed by atoms with E-state index in [2.05, 4.69) is 19.2 Å². The molecule has 3 atom stereocenters. The van der Waals surface area contributed by atoms with Crippen molar-refractivity contribution < 1.29 is 9.53 Å². The minimum atomic E-state index is -0.258. The van der Waals surface area contributed by atoms with E-state index < -0.39 is 0 Å². The molecule has 0 radical (unpaired) electrons. The number of rotatable bonds is 1. The van der Waals surface area contributed by atoms with Gasteiger partial charge in [0.05, 0.1) is 6.61 Å². The Hall–Kier alpha value is -0.610. The predicted molar refractivity (Wildman–Crippen MR) is 57.6 cm³/mol. The maximum atomic E-state index is 12.1. The Labute approximate surface area is 91.0 Å². The second kappa shape index (κ2) is 4.49. The molecular formula is C11H20N2O2. The van der Waals surface area contributed by atoms with Crippen LogP contribution in [0.1, 0.15) is 20.3 Å². The summed E-state index contributed by atoms with van der Waals surface area (Å²) in [4.78, 5) is 14.1. The summed E-state index contributed by atoms with van der Waals surface area (Å²) in [5.41, 5.74) is 0. The normalized spacial score (nSPS) is 36.9. The Morgan fingerprint density at radius 2 is 2.27 bits per heavy atom. The molecule has 0 aliphatic carbocycles. The number of carbonyl (C=O) groups excluding carboxylic acids is 1. The van der Waals surface area contributed by atoms with Gasteiger partial charge in [0.1, 0.15) is 6.10 Å². The summed E-state index contributed by atoms with van der Waals surface area (Å²) in [6, 6.07) is 0.373. The van der Waals surface area contributed by atoms with E-state index in [-0.39, 0.29) is 12.0 Å². The number of nitrogens with zero attached hydrogens (tertiary/aromatic N) is 1. The van der Waals surface area contributed by atoms with Crippen LogP contribution in [-0.4, -0.2) is 49.2 Å². The van der Waals surface area contributed by atoms with Crippen LogP contribution in [0.25, 0.3) is 0 Å². The van der Waals surface area contributed by atoms with E-state index in [0.29, 0.717) is 25.1 Å². The van der Waals surface area contributed by atoms with Gasteiger partial charge >= 0.3 is 0 Å². The largest absolute Gasteiger partial charge is 0.366 e. The number of nitrogens with one attached hydrogen (secondary N) is 1. The van der Waals surface area contributed by atoms with Gasteiger partial charge < -0.3 is 15.0 Å². The van der Waals surface area contributed by atoms with Crippen LogP contribution >= 0.6 is 0 Å². The molecule has 0 aromatic heterocycles. The fourth-order valence-electron chi connectivity index (χ4n) is 2.52. The van der Waals surface area contributed by atoms with Gasteiger partial charge in [-0.05, 0) is 19.3 Å². The molecule has 1 amide bonds. The second-order valence-electron chi connectivity index (χ2n) is 4.74. The highest BCUT2D eigenvalue weighted by atomic mass is 16.5. The molecule has 2 heterocycles. The Bertz CT molecular complexity index is 239. The number of amides is 1. The van der Waals surface area contributed by atoms with Gasteiger partial charge in [0.25, 0.3) is 5.91 Å². The van der Waals surface area contributed by atoms with Crippen molar-refractivity contribution in [2.24, 2.45) is 5.92 Å². The van der Waals surface area contributed by atoms with Gasteiger partial charge in [-0.2, -0.15) is 0 Å². The molecule has 2 saturated heterocycles. The monoisotopic (exact) mass is 212 g/mol. The van der Waals surface area contributed by atoms with E-state index in [1.165, 1.54) is 0 Å². The van der Waals surface area contributed by atoms with Crippen LogP contribution in [0.15, 0.2) is 0 Å². The van der Waals surface area contributed by atoms with Crippen molar-refractivity contribution in [3.63, 3.8) is 0 Å². The van der Waals surface area contributed by atoms with Crippen LogP contribution in [0, 0.1) is 5.92 Å². The number of hydrogen-bond acceptors (Lipinski definition) is 3. The molecule has 0 bridgehead atoms. The highest BCUT2D eigenvalue weighted by molar-refractivity contribution is 5.81. The van der Waals surface area contributed by atoms with Crippen LogP contribution < -0.4 is 5.32 Å². The third kappa shape index (κ3) is 2.32. The molecule has 0 spiro atoms. The molecule has 0 aromatic rings. The number of hydrogen-bond donors (Lipinski definition) is 1. The van der Waals surface area contributed by atoms with Crippen LogP contribution in [-0.2, 0) is 9.53 Å². The first kappa shape index (κ1) is 10.9. The lowest BCUT2D eigenvalue weighted by atomic mass is 10.1. The maximum absolute atomic E-state index is 12.1. The topological polar surface area (TPSA) is 41.6 Å². The first-order chi connectivity index (χ1) is 7.18. The molecule has 4 heteroatoms. The average Bonchev–Trinajstić information content (AvgIpc) is 2.58. The summed E-state index contributed by atoms with van der Waals surface area (Å²) in [5, 5.41) is 3.19. The quantitative estimate of drug-likeness (QED) is 0.676. The van der Waals surface area contributed by atoms with E-state index in [1.54, 1.807) is 0 Å². The summed E-state index contributed by atoms with van der Waals surface area (Å²) in [5.74, 6) is 0.791. The van der Waals surface area contributed by atoms with Gasteiger partial charge in [-0.15, -0.1) is 0 Å². The van der Waals surface area contributed by atoms with Gasteiger partial charge in [-0.25, -0.2) is 0 Å². The van der Waals surface area contributed by atoms with Crippen molar-refractivity contribution in [3.05, 3.63) is 0 Å². The van der Waals surface area contributed by atoms with E-state index in [1.807, 2.05) is 4.90 Å². The molecule has 2 aliphatic rings. The standard InChI is InChI=1S/C11H20N2O2/c1-8-5-9(2)13(7-8)11(14)10-6-12-3-4-15-10/h8-10,12H,3-7H2,1-2H3/t8?,9?,10-/m0/s1. The zero-order valence-corrected chi connectivity index (χ0v) is 9.53. The van der Waals surface area contributed by atoms with Crippen molar-refractivity contribution in [2.75, 3.05) is 26.2 Å². The van der Waals surface area contributed by atoms with Gasteiger partial charge in [0, 0.05) is 25.7 Å². The fourth-order valence-corrected chi connectivity index (χ4v) is 2.52. The molecule has 2 unspecified atom stereocenters. The number of morpholine rings is 1. The van der Waals surface area contributed by atoms with Crippen LogP contribution in [0.4, 0.5) is 0 Å². The predicted octanol–water partition coefficient (Wildman–Crippen LogP) is 0.232. The third-order valence-corrected chi connectivity index (χ3v) is 3.27. The van der Waals surface area contributed by atoms with Gasteiger partial charge in [-0.3, -0.25) is 4.79 Å². The lowest BCUT2D eigenvalue weighted by Crippen LogP contribution is -2.50. The maximum Gasteiger partial charge on any atom is 0.253 e. The molecule has 4 nitrogen and oxygen atoms in total. The van der Waals surface area contributed by atoms with E-state index in [9.17, 15) is 4.79 Å². The highest BCUT2D eigenvalue weighted by Gasteiger charge is 2.34. The summed E-state index contributed by atoms with van der Waals surface area (Å²) in [6.07, 6.45) is 0.859. The summed E-state index contributed by atoms with van der Waals surface area (Å²) >= 11 is 0. The van der Waals surface area contributed by atoms with Crippen LogP contribution in [0.5, 0.6) is 0 Å². The number of ether oxygens (including phenoxy) is 1. The smallest absolute Gasteiger partial charge is 0.253 e. The minimum Gasteiger partial charge on any atom is -0.366 e. The lowest BCUT2D eigenvalue weighted by molar-refractivity contribution is -0.145. The zero-order valence-electron chi connectivity index (χ0n) is 9.53. The fraction of sp³-hybridized carbons (Fsp3) is 0.909.